The molecule has 0 aliphatic carbocycles. The van der Waals surface area contributed by atoms with Gasteiger partial charge in [0.15, 0.2) is 5.69 Å². The number of aromatic nitrogens is 1. The van der Waals surface area contributed by atoms with Crippen LogP contribution in [-0.4, -0.2) is 47.0 Å². The first-order valence-electron chi connectivity index (χ1n) is 10.2. The highest BCUT2D eigenvalue weighted by atomic mass is 35.5. The minimum Gasteiger partial charge on any atom is -0.489 e. The number of rotatable bonds is 6. The van der Waals surface area contributed by atoms with Gasteiger partial charge in [-0.25, -0.2) is 4.39 Å². The molecular formula is C23H22Cl2FN3O3. The Hall–Kier alpha value is -2.61. The molecule has 1 aromatic heterocycles. The molecule has 0 radical (unpaired) electrons. The first-order valence-corrected chi connectivity index (χ1v) is 11.0. The third-order valence-electron chi connectivity index (χ3n) is 5.42. The fourth-order valence-electron chi connectivity index (χ4n) is 3.60. The number of carbonyl (C=O) groups is 1. The number of hydrogen-bond donors (Lipinski definition) is 0. The molecule has 168 valence electrons. The Kier molecular flexibility index (Phi) is 6.98. The maximum Gasteiger partial charge on any atom is 0.276 e. The summed E-state index contributed by atoms with van der Waals surface area (Å²) in [7, 11) is 0. The van der Waals surface area contributed by atoms with E-state index in [0.29, 0.717) is 40.2 Å². The maximum absolute atomic E-state index is 13.4. The van der Waals surface area contributed by atoms with E-state index in [2.05, 4.69) is 10.1 Å². The van der Waals surface area contributed by atoms with Crippen molar-refractivity contribution >= 4 is 29.1 Å². The van der Waals surface area contributed by atoms with E-state index in [1.165, 1.54) is 12.1 Å². The first-order chi connectivity index (χ1) is 15.4. The van der Waals surface area contributed by atoms with E-state index < -0.39 is 0 Å². The monoisotopic (exact) mass is 477 g/mol. The number of carbonyl (C=O) groups excluding carboxylic acids is 1. The molecule has 6 nitrogen and oxygen atoms in total. The van der Waals surface area contributed by atoms with Gasteiger partial charge in [-0.2, -0.15) is 0 Å². The number of ether oxygens (including phenoxy) is 1. The Morgan fingerprint density at radius 2 is 1.91 bits per heavy atom. The predicted molar refractivity (Wildman–Crippen MR) is 120 cm³/mol. The van der Waals surface area contributed by atoms with E-state index in [9.17, 15) is 9.18 Å². The fraction of sp³-hybridized carbons (Fsp3) is 0.304. The summed E-state index contributed by atoms with van der Waals surface area (Å²) in [6.07, 6.45) is 0. The lowest BCUT2D eigenvalue weighted by molar-refractivity contribution is 0.0616. The average Bonchev–Trinajstić information content (AvgIpc) is 3.15. The summed E-state index contributed by atoms with van der Waals surface area (Å²) in [6.45, 7) is 5.09. The molecule has 0 bridgehead atoms. The predicted octanol–water partition coefficient (Wildman–Crippen LogP) is 4.97. The lowest BCUT2D eigenvalue weighted by Gasteiger charge is -2.34. The number of piperazine rings is 1. The summed E-state index contributed by atoms with van der Waals surface area (Å²) in [5.74, 6) is 0.288. The second-order valence-corrected chi connectivity index (χ2v) is 8.44. The number of nitrogens with zero attached hydrogens (tertiary/aromatic N) is 3. The van der Waals surface area contributed by atoms with E-state index in [1.54, 1.807) is 30.0 Å². The minimum absolute atomic E-state index is 0.0666. The minimum atomic E-state index is -0.389. The fourth-order valence-corrected chi connectivity index (χ4v) is 3.92. The molecule has 32 heavy (non-hydrogen) atoms. The van der Waals surface area contributed by atoms with Gasteiger partial charge in [0.05, 0.1) is 15.6 Å². The van der Waals surface area contributed by atoms with E-state index >= 15 is 0 Å². The maximum atomic E-state index is 13.4. The van der Waals surface area contributed by atoms with Crippen LogP contribution in [0, 0.1) is 12.7 Å². The van der Waals surface area contributed by atoms with Crippen molar-refractivity contribution in [2.45, 2.75) is 20.1 Å². The SMILES string of the molecule is Cc1onc(C(=O)N2CCN(Cc3ccc(Cl)c(Cl)c3)CC2)c1COc1cccc(F)c1. The number of hydrogen-bond acceptors (Lipinski definition) is 5. The third kappa shape index (κ3) is 5.23. The molecule has 9 heteroatoms. The van der Waals surface area contributed by atoms with Crippen molar-refractivity contribution in [3.8, 4) is 5.75 Å². The largest absolute Gasteiger partial charge is 0.489 e. The highest BCUT2D eigenvalue weighted by molar-refractivity contribution is 6.42. The highest BCUT2D eigenvalue weighted by Crippen LogP contribution is 2.24. The Morgan fingerprint density at radius 3 is 2.62 bits per heavy atom. The quantitative estimate of drug-likeness (QED) is 0.501. The van der Waals surface area contributed by atoms with Crippen LogP contribution < -0.4 is 4.74 Å². The van der Waals surface area contributed by atoms with E-state index in [0.717, 1.165) is 25.2 Å². The van der Waals surface area contributed by atoms with Crippen molar-refractivity contribution in [3.63, 3.8) is 0 Å². The van der Waals surface area contributed by atoms with Gasteiger partial charge in [0.1, 0.15) is 23.9 Å². The van der Waals surface area contributed by atoms with Gasteiger partial charge >= 0.3 is 0 Å². The van der Waals surface area contributed by atoms with Gasteiger partial charge in [-0.1, -0.05) is 40.5 Å². The molecule has 4 rings (SSSR count). The summed E-state index contributed by atoms with van der Waals surface area (Å²) in [4.78, 5) is 17.1. The van der Waals surface area contributed by atoms with Crippen molar-refractivity contribution in [2.75, 3.05) is 26.2 Å². The van der Waals surface area contributed by atoms with Crippen molar-refractivity contribution in [1.82, 2.24) is 15.0 Å². The number of aryl methyl sites for hydroxylation is 1. The van der Waals surface area contributed by atoms with Crippen molar-refractivity contribution in [2.24, 2.45) is 0 Å². The normalized spacial score (nSPS) is 14.6. The molecule has 1 amide bonds. The highest BCUT2D eigenvalue weighted by Gasteiger charge is 2.28. The third-order valence-corrected chi connectivity index (χ3v) is 6.16. The van der Waals surface area contributed by atoms with Crippen LogP contribution in [0.15, 0.2) is 47.0 Å². The van der Waals surface area contributed by atoms with Gasteiger partial charge < -0.3 is 14.2 Å². The summed E-state index contributed by atoms with van der Waals surface area (Å²) < 4.78 is 24.3. The molecule has 3 aromatic rings. The van der Waals surface area contributed by atoms with Gasteiger partial charge in [0.2, 0.25) is 0 Å². The summed E-state index contributed by atoms with van der Waals surface area (Å²) >= 11 is 12.1. The number of halogens is 3. The molecule has 0 unspecified atom stereocenters. The van der Waals surface area contributed by atoms with Gasteiger partial charge in [0.25, 0.3) is 5.91 Å². The lowest BCUT2D eigenvalue weighted by atomic mass is 10.1. The zero-order valence-electron chi connectivity index (χ0n) is 17.5. The second-order valence-electron chi connectivity index (χ2n) is 7.63. The van der Waals surface area contributed by atoms with Crippen LogP contribution in [0.3, 0.4) is 0 Å². The van der Waals surface area contributed by atoms with Crippen LogP contribution in [0.5, 0.6) is 5.75 Å². The molecule has 0 saturated carbocycles. The van der Waals surface area contributed by atoms with Crippen LogP contribution >= 0.6 is 23.2 Å². The molecule has 0 spiro atoms. The Labute approximate surface area is 195 Å². The van der Waals surface area contributed by atoms with E-state index in [4.69, 9.17) is 32.5 Å². The molecule has 1 aliphatic rings. The van der Waals surface area contributed by atoms with Crippen molar-refractivity contribution < 1.29 is 18.4 Å². The molecular weight excluding hydrogens is 456 g/mol. The topological polar surface area (TPSA) is 58.8 Å². The molecule has 1 saturated heterocycles. The van der Waals surface area contributed by atoms with Crippen molar-refractivity contribution in [3.05, 3.63) is 80.9 Å². The second kappa shape index (κ2) is 9.90. The van der Waals surface area contributed by atoms with Crippen LogP contribution in [0.25, 0.3) is 0 Å². The zero-order valence-corrected chi connectivity index (χ0v) is 19.0. The Balaban J connectivity index is 1.36. The summed E-state index contributed by atoms with van der Waals surface area (Å²) in [6, 6.07) is 11.5. The van der Waals surface area contributed by atoms with Gasteiger partial charge in [0, 0.05) is 38.8 Å². The molecule has 1 fully saturated rings. The van der Waals surface area contributed by atoms with Gasteiger partial charge in [-0.3, -0.25) is 9.69 Å². The van der Waals surface area contributed by atoms with Crippen molar-refractivity contribution in [1.29, 1.82) is 0 Å². The molecule has 0 atom stereocenters. The van der Waals surface area contributed by atoms with Crippen LogP contribution in [0.2, 0.25) is 10.0 Å². The zero-order chi connectivity index (χ0) is 22.7. The number of amides is 1. The molecule has 0 N–H and O–H groups in total. The standard InChI is InChI=1S/C23H22Cl2FN3O3/c1-15-19(14-31-18-4-2-3-17(26)12-18)22(27-32-15)23(30)29-9-7-28(8-10-29)13-16-5-6-20(24)21(25)11-16/h2-6,11-12H,7-10,13-14H2,1H3. The Bertz CT molecular complexity index is 1110. The van der Waals surface area contributed by atoms with Crippen LogP contribution in [0.4, 0.5) is 4.39 Å². The smallest absolute Gasteiger partial charge is 0.276 e. The van der Waals surface area contributed by atoms with E-state index in [-0.39, 0.29) is 24.0 Å². The van der Waals surface area contributed by atoms with Crippen LogP contribution in [0.1, 0.15) is 27.4 Å². The molecule has 2 heterocycles. The van der Waals surface area contributed by atoms with Gasteiger partial charge in [-0.05, 0) is 36.8 Å². The van der Waals surface area contributed by atoms with Gasteiger partial charge in [-0.15, -0.1) is 0 Å². The Morgan fingerprint density at radius 1 is 1.12 bits per heavy atom. The summed E-state index contributed by atoms with van der Waals surface area (Å²) in [5, 5.41) is 5.03. The number of benzene rings is 2. The van der Waals surface area contributed by atoms with E-state index in [1.807, 2.05) is 12.1 Å². The first kappa shape index (κ1) is 22.6. The summed E-state index contributed by atoms with van der Waals surface area (Å²) in [5.41, 5.74) is 1.87. The lowest BCUT2D eigenvalue weighted by Crippen LogP contribution is -2.48. The molecule has 1 aliphatic heterocycles. The molecule has 2 aromatic carbocycles. The average molecular weight is 478 g/mol. The van der Waals surface area contributed by atoms with Crippen LogP contribution in [-0.2, 0) is 13.2 Å².